The molecule has 2 aromatic rings. The molecule has 4 heterocycles. The van der Waals surface area contributed by atoms with Gasteiger partial charge in [-0.25, -0.2) is 0 Å². The van der Waals surface area contributed by atoms with Crippen molar-refractivity contribution in [3.63, 3.8) is 0 Å². The quantitative estimate of drug-likeness (QED) is 0.827. The molecule has 9 heteroatoms. The summed E-state index contributed by atoms with van der Waals surface area (Å²) in [6, 6.07) is 0.161. The minimum absolute atomic E-state index is 0.0404. The Hall–Kier alpha value is -1.42. The Morgan fingerprint density at radius 2 is 2.30 bits per heavy atom. The van der Waals surface area contributed by atoms with Crippen LogP contribution in [0.4, 0.5) is 13.2 Å². The average Bonchev–Trinajstić information content (AvgIpc) is 3.25. The molecule has 1 fully saturated rings. The smallest absolute Gasteiger partial charge is 0.392 e. The molecule has 0 aliphatic carbocycles. The van der Waals surface area contributed by atoms with Crippen molar-refractivity contribution < 1.29 is 23.0 Å². The van der Waals surface area contributed by atoms with Gasteiger partial charge in [-0.3, -0.25) is 10.00 Å². The number of rotatable bonds is 3. The number of hydrogen-bond donors (Lipinski definition) is 2. The highest BCUT2D eigenvalue weighted by molar-refractivity contribution is 7.12. The number of likely N-dealkylation sites (tertiary alicyclic amines) is 1. The van der Waals surface area contributed by atoms with Crippen LogP contribution in [0.25, 0.3) is 0 Å². The normalized spacial score (nSPS) is 26.5. The van der Waals surface area contributed by atoms with Gasteiger partial charge >= 0.3 is 6.18 Å². The first-order chi connectivity index (χ1) is 12.8. The topological polar surface area (TPSA) is 61.4 Å². The Labute approximate surface area is 159 Å². The summed E-state index contributed by atoms with van der Waals surface area (Å²) < 4.78 is 46.5. The number of aliphatic hydroxyl groups is 1. The second-order valence-electron chi connectivity index (χ2n) is 7.35. The summed E-state index contributed by atoms with van der Waals surface area (Å²) in [4.78, 5) is 2.30. The van der Waals surface area contributed by atoms with Crippen molar-refractivity contribution >= 4 is 11.3 Å². The molecule has 2 aliphatic rings. The molecule has 5 nitrogen and oxygen atoms in total. The van der Waals surface area contributed by atoms with E-state index < -0.39 is 23.3 Å². The first kappa shape index (κ1) is 18.9. The lowest BCUT2D eigenvalue weighted by atomic mass is 9.81. The van der Waals surface area contributed by atoms with Gasteiger partial charge in [-0.2, -0.15) is 18.3 Å². The predicted octanol–water partition coefficient (Wildman–Crippen LogP) is 3.43. The molecular formula is C18H22F3N3O2S. The van der Waals surface area contributed by atoms with E-state index in [1.54, 1.807) is 6.20 Å². The number of hydrogen-bond acceptors (Lipinski definition) is 5. The number of aromatic amines is 1. The van der Waals surface area contributed by atoms with E-state index in [0.29, 0.717) is 36.3 Å². The van der Waals surface area contributed by atoms with Crippen LogP contribution in [0.3, 0.4) is 0 Å². The number of alkyl halides is 3. The third-order valence-corrected chi connectivity index (χ3v) is 7.17. The zero-order valence-corrected chi connectivity index (χ0v) is 15.8. The van der Waals surface area contributed by atoms with Crippen LogP contribution in [0.15, 0.2) is 12.4 Å². The monoisotopic (exact) mass is 401 g/mol. The molecule has 1 spiro atoms. The first-order valence-electron chi connectivity index (χ1n) is 9.03. The highest BCUT2D eigenvalue weighted by atomic mass is 32.1. The molecular weight excluding hydrogens is 379 g/mol. The van der Waals surface area contributed by atoms with Crippen molar-refractivity contribution in [2.75, 3.05) is 13.2 Å². The molecule has 148 valence electrons. The van der Waals surface area contributed by atoms with E-state index in [2.05, 4.69) is 22.0 Å². The van der Waals surface area contributed by atoms with Gasteiger partial charge < -0.3 is 9.84 Å². The molecule has 0 saturated carbocycles. The summed E-state index contributed by atoms with van der Waals surface area (Å²) in [5, 5.41) is 16.4. The van der Waals surface area contributed by atoms with E-state index in [1.165, 1.54) is 0 Å². The van der Waals surface area contributed by atoms with Gasteiger partial charge in [-0.15, -0.1) is 11.3 Å². The van der Waals surface area contributed by atoms with Crippen molar-refractivity contribution in [3.05, 3.63) is 38.8 Å². The standard InChI is InChI=1S/C18H22F3N3O2S/c1-11-6-17(3-4-24(11)9-12-7-22-23-8-12)15-13(2-5-26-17)14(10-25)16(27-15)18(19,20)21/h7-8,11,25H,2-6,9-10H2,1H3,(H,22,23)/t11-,17?/m0/s1. The van der Waals surface area contributed by atoms with Crippen molar-refractivity contribution in [1.29, 1.82) is 0 Å². The van der Waals surface area contributed by atoms with Crippen molar-refractivity contribution in [2.45, 2.75) is 57.2 Å². The largest absolute Gasteiger partial charge is 0.425 e. The first-order valence-corrected chi connectivity index (χ1v) is 9.84. The second kappa shape index (κ2) is 6.88. The van der Waals surface area contributed by atoms with Crippen molar-refractivity contribution in [3.8, 4) is 0 Å². The van der Waals surface area contributed by atoms with Gasteiger partial charge in [0, 0.05) is 41.3 Å². The Bertz CT molecular complexity index is 806. The number of H-pyrrole nitrogens is 1. The number of ether oxygens (including phenoxy) is 1. The maximum absolute atomic E-state index is 13.5. The average molecular weight is 401 g/mol. The van der Waals surface area contributed by atoms with Crippen LogP contribution in [0.1, 0.15) is 46.2 Å². The number of aromatic nitrogens is 2. The molecule has 2 N–H and O–H groups in total. The van der Waals surface area contributed by atoms with Crippen LogP contribution < -0.4 is 0 Å². The summed E-state index contributed by atoms with van der Waals surface area (Å²) >= 11 is 0.764. The maximum Gasteiger partial charge on any atom is 0.425 e. The van der Waals surface area contributed by atoms with Crippen LogP contribution in [0.5, 0.6) is 0 Å². The third kappa shape index (κ3) is 3.30. The highest BCUT2D eigenvalue weighted by Crippen LogP contribution is 2.51. The zero-order chi connectivity index (χ0) is 19.2. The third-order valence-electron chi connectivity index (χ3n) is 5.67. The van der Waals surface area contributed by atoms with Gasteiger partial charge in [0.05, 0.1) is 19.4 Å². The Kier molecular flexibility index (Phi) is 4.82. The molecule has 0 amide bonds. The summed E-state index contributed by atoms with van der Waals surface area (Å²) in [5.74, 6) is 0. The lowest BCUT2D eigenvalue weighted by Crippen LogP contribution is -2.50. The second-order valence-corrected chi connectivity index (χ2v) is 8.37. The Morgan fingerprint density at radius 3 is 2.93 bits per heavy atom. The van der Waals surface area contributed by atoms with Crippen LogP contribution in [0.2, 0.25) is 0 Å². The van der Waals surface area contributed by atoms with Gasteiger partial charge in [0.2, 0.25) is 0 Å². The number of nitrogens with zero attached hydrogens (tertiary/aromatic N) is 2. The van der Waals surface area contributed by atoms with E-state index in [0.717, 1.165) is 30.0 Å². The number of piperidine rings is 1. The summed E-state index contributed by atoms with van der Waals surface area (Å²) in [6.45, 7) is 3.38. The van der Waals surface area contributed by atoms with E-state index in [1.807, 2.05) is 6.20 Å². The Balaban J connectivity index is 1.64. The van der Waals surface area contributed by atoms with Crippen molar-refractivity contribution in [1.82, 2.24) is 15.1 Å². The van der Waals surface area contributed by atoms with Gasteiger partial charge in [0.15, 0.2) is 0 Å². The minimum atomic E-state index is -4.45. The molecule has 1 saturated heterocycles. The number of nitrogens with one attached hydrogen (secondary N) is 1. The number of halogens is 3. The minimum Gasteiger partial charge on any atom is -0.392 e. The van der Waals surface area contributed by atoms with E-state index in [9.17, 15) is 18.3 Å². The fourth-order valence-corrected chi connectivity index (χ4v) is 5.78. The molecule has 0 radical (unpaired) electrons. The van der Waals surface area contributed by atoms with Gasteiger partial charge in [-0.05, 0) is 31.7 Å². The maximum atomic E-state index is 13.5. The fraction of sp³-hybridized carbons (Fsp3) is 0.611. The highest BCUT2D eigenvalue weighted by Gasteiger charge is 2.48. The molecule has 2 aliphatic heterocycles. The molecule has 1 unspecified atom stereocenters. The predicted molar refractivity (Wildman–Crippen MR) is 94.3 cm³/mol. The molecule has 4 rings (SSSR count). The summed E-state index contributed by atoms with van der Waals surface area (Å²) in [5.41, 5.74) is 1.09. The lowest BCUT2D eigenvalue weighted by molar-refractivity contribution is -0.135. The molecule has 0 aromatic carbocycles. The molecule has 27 heavy (non-hydrogen) atoms. The fourth-order valence-electron chi connectivity index (χ4n) is 4.37. The SMILES string of the molecule is C[C@H]1CC2(CCN1Cc1cn[nH]c1)OCCc1c2sc(C(F)(F)F)c1CO. The lowest BCUT2D eigenvalue weighted by Gasteiger charge is -2.47. The summed E-state index contributed by atoms with van der Waals surface area (Å²) in [6.07, 6.45) is 0.899. The van der Waals surface area contributed by atoms with Crippen LogP contribution in [0, 0.1) is 0 Å². The number of fused-ring (bicyclic) bond motifs is 2. The number of thiophene rings is 1. The van der Waals surface area contributed by atoms with Crippen LogP contribution >= 0.6 is 11.3 Å². The number of aliphatic hydroxyl groups excluding tert-OH is 1. The zero-order valence-electron chi connectivity index (χ0n) is 15.0. The van der Waals surface area contributed by atoms with E-state index >= 15 is 0 Å². The van der Waals surface area contributed by atoms with Gasteiger partial charge in [0.1, 0.15) is 10.5 Å². The molecule has 2 aromatic heterocycles. The summed E-state index contributed by atoms with van der Waals surface area (Å²) in [7, 11) is 0. The van der Waals surface area contributed by atoms with Gasteiger partial charge in [0.25, 0.3) is 0 Å². The van der Waals surface area contributed by atoms with Gasteiger partial charge in [-0.1, -0.05) is 0 Å². The van der Waals surface area contributed by atoms with E-state index in [4.69, 9.17) is 4.74 Å². The van der Waals surface area contributed by atoms with Crippen molar-refractivity contribution in [2.24, 2.45) is 0 Å². The van der Waals surface area contributed by atoms with E-state index in [-0.39, 0.29) is 11.6 Å². The van der Waals surface area contributed by atoms with Crippen LogP contribution in [-0.4, -0.2) is 39.4 Å². The molecule has 0 bridgehead atoms. The molecule has 2 atom stereocenters. The Morgan fingerprint density at radius 1 is 1.48 bits per heavy atom. The van der Waals surface area contributed by atoms with Crippen LogP contribution in [-0.2, 0) is 36.1 Å².